The van der Waals surface area contributed by atoms with Gasteiger partial charge in [-0.05, 0) is 81.8 Å². The van der Waals surface area contributed by atoms with Crippen LogP contribution in [0.2, 0.25) is 0 Å². The Morgan fingerprint density at radius 1 is 1.15 bits per heavy atom. The Morgan fingerprint density at radius 3 is 2.48 bits per heavy atom. The Kier molecular flexibility index (Phi) is 11.8. The van der Waals surface area contributed by atoms with E-state index in [1.165, 1.54) is 11.1 Å². The van der Waals surface area contributed by atoms with Crippen LogP contribution in [0.4, 0.5) is 0 Å². The second-order valence-electron chi connectivity index (χ2n) is 6.78. The van der Waals surface area contributed by atoms with E-state index in [0.29, 0.717) is 25.7 Å². The van der Waals surface area contributed by atoms with Gasteiger partial charge in [0.2, 0.25) is 0 Å². The van der Waals surface area contributed by atoms with Crippen molar-refractivity contribution in [2.24, 2.45) is 5.16 Å². The highest BCUT2D eigenvalue weighted by atomic mass is 79.9. The lowest BCUT2D eigenvalue weighted by atomic mass is 9.96. The first-order valence-corrected chi connectivity index (χ1v) is 11.0. The summed E-state index contributed by atoms with van der Waals surface area (Å²) in [5, 5.41) is 3.95. The van der Waals surface area contributed by atoms with Gasteiger partial charge in [-0.3, -0.25) is 0 Å². The van der Waals surface area contributed by atoms with Crippen molar-refractivity contribution < 1.29 is 14.3 Å². The third-order valence-corrected chi connectivity index (χ3v) is 4.32. The normalized spacial score (nSPS) is 10.5. The number of benzene rings is 1. The lowest BCUT2D eigenvalue weighted by molar-refractivity contribution is 0.127. The van der Waals surface area contributed by atoms with Crippen LogP contribution < -0.4 is 9.47 Å². The van der Waals surface area contributed by atoms with Gasteiger partial charge < -0.3 is 14.3 Å². The van der Waals surface area contributed by atoms with Crippen LogP contribution in [0.15, 0.2) is 26.8 Å². The molecule has 152 valence electrons. The molecule has 0 unspecified atom stereocenters. The highest BCUT2D eigenvalue weighted by Gasteiger charge is 2.15. The topological polar surface area (TPSA) is 40.0 Å². The molecular weight excluding hydrogens is 474 g/mol. The molecule has 0 aliphatic heterocycles. The van der Waals surface area contributed by atoms with Gasteiger partial charge in [0.05, 0.1) is 15.7 Å². The Balaban J connectivity index is 2.89. The molecule has 1 rings (SSSR count). The summed E-state index contributed by atoms with van der Waals surface area (Å²) in [5.74, 6) is 2.22. The molecule has 0 N–H and O–H groups in total. The van der Waals surface area contributed by atoms with Gasteiger partial charge in [0.15, 0.2) is 0 Å². The van der Waals surface area contributed by atoms with Gasteiger partial charge in [0, 0.05) is 12.0 Å². The SMILES string of the molecule is CCCc1cc(OCC=C(Br)Br)cc(C(C)C)c1OCCCON=C(C)C. The van der Waals surface area contributed by atoms with Crippen LogP contribution in [0, 0.1) is 0 Å². The zero-order valence-electron chi connectivity index (χ0n) is 17.0. The highest BCUT2D eigenvalue weighted by Crippen LogP contribution is 2.35. The molecule has 0 atom stereocenters. The smallest absolute Gasteiger partial charge is 0.126 e. The van der Waals surface area contributed by atoms with Gasteiger partial charge in [-0.2, -0.15) is 0 Å². The number of ether oxygens (including phenoxy) is 2. The van der Waals surface area contributed by atoms with Gasteiger partial charge >= 0.3 is 0 Å². The Labute approximate surface area is 180 Å². The number of halogens is 2. The van der Waals surface area contributed by atoms with E-state index in [1.807, 2.05) is 19.9 Å². The molecule has 0 fully saturated rings. The minimum absolute atomic E-state index is 0.348. The molecule has 0 bridgehead atoms. The highest BCUT2D eigenvalue weighted by molar-refractivity contribution is 9.28. The maximum atomic E-state index is 6.18. The summed E-state index contributed by atoms with van der Waals surface area (Å²) < 4.78 is 13.0. The van der Waals surface area contributed by atoms with E-state index in [0.717, 1.165) is 39.9 Å². The van der Waals surface area contributed by atoms with Crippen molar-refractivity contribution in [1.29, 1.82) is 0 Å². The third-order valence-electron chi connectivity index (χ3n) is 3.67. The fraction of sp³-hybridized carbons (Fsp3) is 0.571. The predicted octanol–water partition coefficient (Wildman–Crippen LogP) is 6.95. The molecule has 27 heavy (non-hydrogen) atoms. The third kappa shape index (κ3) is 9.65. The maximum Gasteiger partial charge on any atom is 0.126 e. The first-order valence-electron chi connectivity index (χ1n) is 9.41. The van der Waals surface area contributed by atoms with Crippen LogP contribution in [0.25, 0.3) is 0 Å². The summed E-state index contributed by atoms with van der Waals surface area (Å²) >= 11 is 6.70. The number of hydrogen-bond acceptors (Lipinski definition) is 4. The van der Waals surface area contributed by atoms with Gasteiger partial charge in [-0.1, -0.05) is 32.3 Å². The van der Waals surface area contributed by atoms with E-state index in [1.54, 1.807) is 0 Å². The van der Waals surface area contributed by atoms with Crippen molar-refractivity contribution in [2.75, 3.05) is 19.8 Å². The Bertz CT molecular complexity index is 635. The molecule has 0 amide bonds. The second kappa shape index (κ2) is 13.2. The lowest BCUT2D eigenvalue weighted by Crippen LogP contribution is -2.08. The van der Waals surface area contributed by atoms with Crippen molar-refractivity contribution in [3.63, 3.8) is 0 Å². The minimum atomic E-state index is 0.348. The lowest BCUT2D eigenvalue weighted by Gasteiger charge is -2.20. The Hall–Kier alpha value is -1.01. The molecule has 0 saturated carbocycles. The molecule has 0 spiro atoms. The molecule has 1 aromatic rings. The van der Waals surface area contributed by atoms with E-state index < -0.39 is 0 Å². The molecule has 0 heterocycles. The summed E-state index contributed by atoms with van der Waals surface area (Å²) in [6.07, 6.45) is 4.74. The molecule has 0 radical (unpaired) electrons. The number of nitrogens with zero attached hydrogens (tertiary/aromatic N) is 1. The van der Waals surface area contributed by atoms with Crippen molar-refractivity contribution in [2.45, 2.75) is 59.8 Å². The molecule has 0 aliphatic carbocycles. The zero-order valence-corrected chi connectivity index (χ0v) is 20.2. The number of hydrogen-bond donors (Lipinski definition) is 0. The largest absolute Gasteiger partial charge is 0.493 e. The maximum absolute atomic E-state index is 6.18. The molecule has 0 aliphatic rings. The predicted molar refractivity (Wildman–Crippen MR) is 121 cm³/mol. The molecule has 0 saturated heterocycles. The first kappa shape index (κ1) is 24.0. The van der Waals surface area contributed by atoms with Gasteiger partial charge in [0.25, 0.3) is 0 Å². The van der Waals surface area contributed by atoms with Crippen molar-refractivity contribution in [1.82, 2.24) is 0 Å². The van der Waals surface area contributed by atoms with E-state index >= 15 is 0 Å². The fourth-order valence-corrected chi connectivity index (χ4v) is 2.76. The quantitative estimate of drug-likeness (QED) is 0.175. The van der Waals surface area contributed by atoms with Crippen LogP contribution >= 0.6 is 31.9 Å². The van der Waals surface area contributed by atoms with Crippen molar-refractivity contribution in [3.05, 3.63) is 32.7 Å². The second-order valence-corrected chi connectivity index (χ2v) is 9.56. The van der Waals surface area contributed by atoms with E-state index in [4.69, 9.17) is 14.3 Å². The van der Waals surface area contributed by atoms with Crippen molar-refractivity contribution >= 4 is 37.6 Å². The standard InChI is InChI=1S/C21H31Br2NO3/c1-6-8-17-13-18(25-12-9-20(22)23)14-19(15(2)3)21(17)26-10-7-11-27-24-16(4)5/h9,13-15H,6-8,10-12H2,1-5H3. The monoisotopic (exact) mass is 503 g/mol. The van der Waals surface area contributed by atoms with Crippen LogP contribution in [-0.2, 0) is 11.3 Å². The number of aryl methyl sites for hydroxylation is 1. The molecule has 6 heteroatoms. The van der Waals surface area contributed by atoms with Gasteiger partial charge in [-0.15, -0.1) is 0 Å². The Morgan fingerprint density at radius 2 is 1.89 bits per heavy atom. The molecular formula is C21H31Br2NO3. The van der Waals surface area contributed by atoms with Crippen LogP contribution in [0.1, 0.15) is 64.5 Å². The minimum Gasteiger partial charge on any atom is -0.493 e. The molecule has 1 aromatic carbocycles. The number of rotatable bonds is 12. The summed E-state index contributed by atoms with van der Waals surface area (Å²) in [5.41, 5.74) is 3.30. The fourth-order valence-electron chi connectivity index (χ4n) is 2.50. The first-order chi connectivity index (χ1) is 12.8. The van der Waals surface area contributed by atoms with E-state index in [-0.39, 0.29) is 0 Å². The van der Waals surface area contributed by atoms with E-state index in [9.17, 15) is 0 Å². The van der Waals surface area contributed by atoms with Gasteiger partial charge in [-0.25, -0.2) is 0 Å². The van der Waals surface area contributed by atoms with E-state index in [2.05, 4.69) is 69.9 Å². The summed E-state index contributed by atoms with van der Waals surface area (Å²) in [7, 11) is 0. The molecule has 4 nitrogen and oxygen atoms in total. The van der Waals surface area contributed by atoms with Crippen molar-refractivity contribution in [3.8, 4) is 11.5 Å². The summed E-state index contributed by atoms with van der Waals surface area (Å²) in [6, 6.07) is 4.19. The zero-order chi connectivity index (χ0) is 20.2. The number of oxime groups is 1. The average Bonchev–Trinajstić information content (AvgIpc) is 2.58. The van der Waals surface area contributed by atoms with Gasteiger partial charge in [0.1, 0.15) is 24.7 Å². The van der Waals surface area contributed by atoms with Crippen LogP contribution in [0.5, 0.6) is 11.5 Å². The van der Waals surface area contributed by atoms with Crippen LogP contribution in [0.3, 0.4) is 0 Å². The molecule has 0 aromatic heterocycles. The van der Waals surface area contributed by atoms with Crippen LogP contribution in [-0.4, -0.2) is 25.5 Å². The summed E-state index contributed by atoms with van der Waals surface area (Å²) in [6.45, 7) is 12.0. The average molecular weight is 505 g/mol. The summed E-state index contributed by atoms with van der Waals surface area (Å²) in [4.78, 5) is 5.25.